The molecule has 1 amide bonds. The number of rotatable bonds is 5. The molecule has 5 rings (SSSR count). The van der Waals surface area contributed by atoms with Gasteiger partial charge in [0.15, 0.2) is 0 Å². The van der Waals surface area contributed by atoms with E-state index in [4.69, 9.17) is 0 Å². The van der Waals surface area contributed by atoms with Crippen LogP contribution in [-0.2, 0) is 11.2 Å². The average molecular weight is 397 g/mol. The molecule has 29 heavy (non-hydrogen) atoms. The molecule has 4 atom stereocenters. The number of fused-ring (bicyclic) bond motifs is 2. The van der Waals surface area contributed by atoms with Crippen LogP contribution in [0.1, 0.15) is 42.5 Å². The van der Waals surface area contributed by atoms with Gasteiger partial charge in [-0.05, 0) is 61.9 Å². The van der Waals surface area contributed by atoms with E-state index in [0.717, 1.165) is 6.42 Å². The van der Waals surface area contributed by atoms with Gasteiger partial charge in [-0.1, -0.05) is 18.2 Å². The summed E-state index contributed by atoms with van der Waals surface area (Å²) in [5.74, 6) is 0.0797. The molecule has 3 aliphatic rings. The smallest absolute Gasteiger partial charge is 0.228 e. The van der Waals surface area contributed by atoms with Crippen LogP contribution in [0.15, 0.2) is 24.3 Å². The van der Waals surface area contributed by atoms with E-state index in [1.165, 1.54) is 53.1 Å². The van der Waals surface area contributed by atoms with Crippen molar-refractivity contribution in [1.29, 1.82) is 0 Å². The van der Waals surface area contributed by atoms with Crippen molar-refractivity contribution in [2.24, 2.45) is 5.92 Å². The summed E-state index contributed by atoms with van der Waals surface area (Å²) in [5.41, 5.74) is 6.43. The highest BCUT2D eigenvalue weighted by Crippen LogP contribution is 2.48. The van der Waals surface area contributed by atoms with Gasteiger partial charge in [0.1, 0.15) is 6.17 Å². The van der Waals surface area contributed by atoms with Gasteiger partial charge in [-0.25, -0.2) is 4.39 Å². The summed E-state index contributed by atoms with van der Waals surface area (Å²) in [6.07, 6.45) is 4.26. The van der Waals surface area contributed by atoms with Gasteiger partial charge in [-0.2, -0.15) is 0 Å². The highest BCUT2D eigenvalue weighted by molar-refractivity contribution is 6.00. The highest BCUT2D eigenvalue weighted by Gasteiger charge is 2.39. The Morgan fingerprint density at radius 1 is 1.41 bits per heavy atom. The molecule has 0 bridgehead atoms. The van der Waals surface area contributed by atoms with E-state index >= 15 is 0 Å². The van der Waals surface area contributed by atoms with Crippen molar-refractivity contribution in [1.82, 2.24) is 15.2 Å². The number of aromatic nitrogens is 1. The van der Waals surface area contributed by atoms with Gasteiger partial charge in [0.25, 0.3) is 0 Å². The van der Waals surface area contributed by atoms with Gasteiger partial charge in [0.2, 0.25) is 5.91 Å². The zero-order valence-corrected chi connectivity index (χ0v) is 16.9. The van der Waals surface area contributed by atoms with Crippen molar-refractivity contribution < 1.29 is 14.3 Å². The molecule has 0 saturated heterocycles. The van der Waals surface area contributed by atoms with E-state index in [2.05, 4.69) is 46.5 Å². The molecule has 1 aromatic heterocycles. The monoisotopic (exact) mass is 397 g/mol. The Hall–Kier alpha value is -2.18. The first-order valence-electron chi connectivity index (χ1n) is 10.6. The molecule has 1 aliphatic heterocycles. The van der Waals surface area contributed by atoms with Crippen LogP contribution in [0, 0.1) is 5.92 Å². The number of aromatic amines is 1. The summed E-state index contributed by atoms with van der Waals surface area (Å²) in [6.45, 7) is 1.55. The van der Waals surface area contributed by atoms with E-state index in [9.17, 15) is 14.3 Å². The van der Waals surface area contributed by atoms with Gasteiger partial charge < -0.3 is 15.4 Å². The molecule has 0 spiro atoms. The van der Waals surface area contributed by atoms with Gasteiger partial charge in [0, 0.05) is 29.2 Å². The molecule has 1 aromatic carbocycles. The second-order valence-electron chi connectivity index (χ2n) is 8.88. The maximum Gasteiger partial charge on any atom is 0.228 e. The lowest BCUT2D eigenvalue weighted by atomic mass is 9.79. The van der Waals surface area contributed by atoms with E-state index < -0.39 is 18.8 Å². The topological polar surface area (TPSA) is 68.4 Å². The molecule has 1 fully saturated rings. The number of carbonyl (C=O) groups excluding carboxylic acids is 1. The Kier molecular flexibility index (Phi) is 4.51. The fourth-order valence-corrected chi connectivity index (χ4v) is 5.05. The number of likely N-dealkylation sites (N-methyl/N-ethyl adjacent to an activating group) is 1. The fourth-order valence-electron chi connectivity index (χ4n) is 5.05. The quantitative estimate of drug-likeness (QED) is 0.727. The van der Waals surface area contributed by atoms with Crippen molar-refractivity contribution in [2.45, 2.75) is 50.4 Å². The molecule has 4 unspecified atom stereocenters. The number of nitrogens with one attached hydrogen (secondary N) is 2. The van der Waals surface area contributed by atoms with Gasteiger partial charge in [0.05, 0.1) is 18.6 Å². The Morgan fingerprint density at radius 2 is 2.21 bits per heavy atom. The molecule has 5 nitrogen and oxygen atoms in total. The number of benzene rings is 1. The number of alkyl halides is 1. The van der Waals surface area contributed by atoms with Crippen LogP contribution in [0.25, 0.3) is 16.5 Å². The van der Waals surface area contributed by atoms with Crippen LogP contribution in [0.3, 0.4) is 0 Å². The lowest BCUT2D eigenvalue weighted by molar-refractivity contribution is -0.125. The summed E-state index contributed by atoms with van der Waals surface area (Å²) in [7, 11) is 2.06. The largest absolute Gasteiger partial charge is 0.394 e. The van der Waals surface area contributed by atoms with E-state index in [-0.39, 0.29) is 17.9 Å². The number of carbonyl (C=O) groups is 1. The Balaban J connectivity index is 1.53. The number of H-pyrrole nitrogens is 1. The summed E-state index contributed by atoms with van der Waals surface area (Å²) in [6, 6.07) is 5.76. The zero-order chi connectivity index (χ0) is 20.3. The standard InChI is InChI=1S/C23H28FN3O2/c1-12(24)19(11-28)26-23(29)14-8-16-15-4-3-5-18-21(15)17(9-20(16)27(2)10-14)22(25-18)13-6-7-13/h3-5,8,12-14,19-20,25,28H,6-7,9-11H2,1-2H3,(H,26,29). The number of halogens is 1. The summed E-state index contributed by atoms with van der Waals surface area (Å²) >= 11 is 0. The van der Waals surface area contributed by atoms with Gasteiger partial charge in [-0.3, -0.25) is 9.69 Å². The number of hydrogen-bond donors (Lipinski definition) is 3. The third kappa shape index (κ3) is 3.09. The van der Waals surface area contributed by atoms with Crippen LogP contribution in [-0.4, -0.2) is 59.4 Å². The minimum atomic E-state index is -1.29. The average Bonchev–Trinajstić information content (AvgIpc) is 3.48. The van der Waals surface area contributed by atoms with E-state index in [1.807, 2.05) is 0 Å². The Labute approximate surface area is 170 Å². The molecule has 3 N–H and O–H groups in total. The first-order valence-corrected chi connectivity index (χ1v) is 10.6. The second kappa shape index (κ2) is 6.96. The maximum atomic E-state index is 13.6. The SMILES string of the molecule is CC(F)C(CO)NC(=O)C1C=C2c3cccc4[nH]c(C5CC5)c(c34)CC2N(C)C1. The third-order valence-electron chi connectivity index (χ3n) is 6.83. The van der Waals surface area contributed by atoms with Crippen molar-refractivity contribution in [2.75, 3.05) is 20.2 Å². The minimum absolute atomic E-state index is 0.225. The number of amides is 1. The molecule has 2 aromatic rings. The number of hydrogen-bond acceptors (Lipinski definition) is 3. The highest BCUT2D eigenvalue weighted by atomic mass is 19.1. The molecular formula is C23H28FN3O2. The van der Waals surface area contributed by atoms with E-state index in [1.54, 1.807) is 0 Å². The van der Waals surface area contributed by atoms with Crippen LogP contribution in [0.5, 0.6) is 0 Å². The van der Waals surface area contributed by atoms with Crippen molar-refractivity contribution in [3.63, 3.8) is 0 Å². The lowest BCUT2D eigenvalue weighted by Crippen LogP contribution is -2.50. The summed E-state index contributed by atoms with van der Waals surface area (Å²) < 4.78 is 13.6. The lowest BCUT2D eigenvalue weighted by Gasteiger charge is -2.40. The maximum absolute atomic E-state index is 13.6. The van der Waals surface area contributed by atoms with Gasteiger partial charge >= 0.3 is 0 Å². The van der Waals surface area contributed by atoms with Crippen LogP contribution in [0.4, 0.5) is 4.39 Å². The minimum Gasteiger partial charge on any atom is -0.394 e. The fraction of sp³-hybridized carbons (Fsp3) is 0.522. The zero-order valence-electron chi connectivity index (χ0n) is 16.9. The van der Waals surface area contributed by atoms with E-state index in [0.29, 0.717) is 12.5 Å². The summed E-state index contributed by atoms with van der Waals surface area (Å²) in [4.78, 5) is 18.7. The van der Waals surface area contributed by atoms with Crippen LogP contribution in [0.2, 0.25) is 0 Å². The molecule has 154 valence electrons. The number of nitrogens with zero attached hydrogens (tertiary/aromatic N) is 1. The first kappa shape index (κ1) is 18.8. The molecule has 2 heterocycles. The van der Waals surface area contributed by atoms with Gasteiger partial charge in [-0.15, -0.1) is 0 Å². The Bertz CT molecular complexity index is 991. The predicted octanol–water partition coefficient (Wildman–Crippen LogP) is 2.75. The second-order valence-corrected chi connectivity index (χ2v) is 8.88. The summed E-state index contributed by atoms with van der Waals surface area (Å²) in [5, 5.41) is 13.3. The normalized spacial score (nSPS) is 26.0. The number of aliphatic hydroxyl groups excluding tert-OH is 1. The number of aliphatic hydroxyl groups is 1. The molecule has 2 aliphatic carbocycles. The molecule has 0 radical (unpaired) electrons. The molecule has 6 heteroatoms. The Morgan fingerprint density at radius 3 is 2.90 bits per heavy atom. The third-order valence-corrected chi connectivity index (χ3v) is 6.83. The molecule has 1 saturated carbocycles. The van der Waals surface area contributed by atoms with Crippen LogP contribution >= 0.6 is 0 Å². The predicted molar refractivity (Wildman–Crippen MR) is 111 cm³/mol. The van der Waals surface area contributed by atoms with Crippen molar-refractivity contribution in [3.05, 3.63) is 41.1 Å². The molecular weight excluding hydrogens is 369 g/mol. The van der Waals surface area contributed by atoms with Crippen molar-refractivity contribution >= 4 is 22.4 Å². The van der Waals surface area contributed by atoms with Crippen LogP contribution < -0.4 is 5.32 Å². The van der Waals surface area contributed by atoms with Crippen molar-refractivity contribution in [3.8, 4) is 0 Å². The first-order chi connectivity index (χ1) is 14.0.